The minimum absolute atomic E-state index is 0.0661. The third-order valence-corrected chi connectivity index (χ3v) is 20.7. The molecule has 0 aromatic carbocycles. The van der Waals surface area contributed by atoms with Crippen molar-refractivity contribution in [3.8, 4) is 6.07 Å². The molecule has 6 bridgehead atoms. The van der Waals surface area contributed by atoms with Crippen LogP contribution in [0.5, 0.6) is 0 Å². The van der Waals surface area contributed by atoms with Crippen molar-refractivity contribution in [3.63, 3.8) is 0 Å². The first-order valence-electron chi connectivity index (χ1n) is 27.7. The van der Waals surface area contributed by atoms with E-state index in [0.717, 1.165) is 38.5 Å². The van der Waals surface area contributed by atoms with Gasteiger partial charge >= 0.3 is 42.4 Å². The Hall–Kier alpha value is -3.34. The van der Waals surface area contributed by atoms with E-state index in [-0.39, 0.29) is 49.4 Å². The molecule has 8 fully saturated rings. The summed E-state index contributed by atoms with van der Waals surface area (Å²) in [5.41, 5.74) is -18.1. The molecule has 0 radical (unpaired) electrons. The molecule has 0 aromatic rings. The van der Waals surface area contributed by atoms with Crippen LogP contribution in [0, 0.1) is 86.3 Å². The molecule has 8 aliphatic rings. The highest BCUT2D eigenvalue weighted by molar-refractivity contribution is 5.84. The van der Waals surface area contributed by atoms with Gasteiger partial charge in [-0.1, -0.05) is 13.8 Å². The van der Waals surface area contributed by atoms with Gasteiger partial charge < -0.3 is 29.2 Å². The number of carbonyl (C=O) groups excluding carboxylic acids is 4. The van der Waals surface area contributed by atoms with E-state index < -0.39 is 143 Å². The summed E-state index contributed by atoms with van der Waals surface area (Å²) in [5, 5.41) is 30.9. The number of nitriles is 1. The molecule has 11 nitrogen and oxygen atoms in total. The molecule has 2 N–H and O–H groups in total. The second-order valence-corrected chi connectivity index (χ2v) is 26.9. The quantitative estimate of drug-likeness (QED) is 0.0761. The summed E-state index contributed by atoms with van der Waals surface area (Å²) in [6, 6.07) is 2.30. The topological polar surface area (TPSA) is 169 Å². The standard InChI is InChI=1S/C56H80F9NO10/c1-10-47(5,44(69)75-50(8)36-17-31-16-32(19-36)20-37(50)18-31)29-49(7,45(70)76-52(11-2)14-12-13-15-52)30-48(6,43(68)74-41-23-33-21-34(41)22-35(33)27-66)28-46(3,4)42(67)73-40-25-38(51(9,71)54(57,58)59)24-39(26-40)53(72,55(60,61)62)56(63,64)65/h31-41,71-72H,10-26,28-30H2,1-9H3. The molecule has 8 aliphatic carbocycles. The van der Waals surface area contributed by atoms with E-state index in [0.29, 0.717) is 50.4 Å². The van der Waals surface area contributed by atoms with E-state index in [1.54, 1.807) is 20.8 Å². The Bertz CT molecular complexity index is 2190. The predicted molar refractivity (Wildman–Crippen MR) is 256 cm³/mol. The van der Waals surface area contributed by atoms with Gasteiger partial charge in [0.25, 0.3) is 5.60 Å². The number of carbonyl (C=O) groups is 4. The zero-order valence-corrected chi connectivity index (χ0v) is 45.5. The van der Waals surface area contributed by atoms with Crippen molar-refractivity contribution in [2.24, 2.45) is 74.9 Å². The smallest absolute Gasteiger partial charge is 0.426 e. The molecular formula is C56H80F9NO10. The summed E-state index contributed by atoms with van der Waals surface area (Å²) in [4.78, 5) is 60.2. The molecule has 20 heteroatoms. The van der Waals surface area contributed by atoms with Gasteiger partial charge in [-0.2, -0.15) is 44.8 Å². The number of halogens is 9. The predicted octanol–water partition coefficient (Wildman–Crippen LogP) is 12.6. The molecular weight excluding hydrogens is 1020 g/mol. The van der Waals surface area contributed by atoms with Crippen molar-refractivity contribution < 1.29 is 87.9 Å². The lowest BCUT2D eigenvalue weighted by Gasteiger charge is -2.59. The molecule has 0 aliphatic heterocycles. The fourth-order valence-corrected chi connectivity index (χ4v) is 16.1. The van der Waals surface area contributed by atoms with Crippen LogP contribution in [-0.4, -0.2) is 87.2 Å². The fraction of sp³-hybridized carbons (Fsp3) is 0.911. The first kappa shape index (κ1) is 60.3. The van der Waals surface area contributed by atoms with E-state index in [2.05, 4.69) is 6.07 Å². The monoisotopic (exact) mass is 1100 g/mol. The molecule has 8 saturated carbocycles. The molecule has 0 heterocycles. The Morgan fingerprint density at radius 2 is 1.09 bits per heavy atom. The highest BCUT2D eigenvalue weighted by Gasteiger charge is 2.75. The highest BCUT2D eigenvalue weighted by atomic mass is 19.4. The molecule has 76 heavy (non-hydrogen) atoms. The van der Waals surface area contributed by atoms with E-state index in [1.807, 2.05) is 13.8 Å². The van der Waals surface area contributed by atoms with Gasteiger partial charge in [0.15, 0.2) is 5.60 Å². The Balaban J connectivity index is 1.24. The minimum Gasteiger partial charge on any atom is -0.462 e. The average molecular weight is 1100 g/mol. The number of alkyl halides is 9. The van der Waals surface area contributed by atoms with Crippen LogP contribution in [0.3, 0.4) is 0 Å². The molecule has 0 spiro atoms. The normalized spacial score (nSPS) is 35.5. The summed E-state index contributed by atoms with van der Waals surface area (Å²) in [6.07, 6.45) is -17.0. The van der Waals surface area contributed by atoms with Crippen LogP contribution in [0.2, 0.25) is 0 Å². The number of nitrogens with zero attached hydrogens (tertiary/aromatic N) is 1. The number of aliphatic hydroxyl groups is 2. The number of hydrogen-bond acceptors (Lipinski definition) is 11. The lowest BCUT2D eigenvalue weighted by Crippen LogP contribution is -2.64. The summed E-state index contributed by atoms with van der Waals surface area (Å²) >= 11 is 0. The van der Waals surface area contributed by atoms with Gasteiger partial charge in [0.1, 0.15) is 23.4 Å². The summed E-state index contributed by atoms with van der Waals surface area (Å²) < 4.78 is 154. The van der Waals surface area contributed by atoms with Crippen molar-refractivity contribution in [3.05, 3.63) is 0 Å². The Morgan fingerprint density at radius 1 is 0.579 bits per heavy atom. The highest BCUT2D eigenvalue weighted by Crippen LogP contribution is 2.61. The number of ether oxygens (including phenoxy) is 4. The maximum absolute atomic E-state index is 15.3. The third kappa shape index (κ3) is 11.0. The summed E-state index contributed by atoms with van der Waals surface area (Å²) in [7, 11) is 0. The zero-order chi connectivity index (χ0) is 56.8. The van der Waals surface area contributed by atoms with Crippen LogP contribution in [0.15, 0.2) is 0 Å². The van der Waals surface area contributed by atoms with Gasteiger partial charge in [0.05, 0.1) is 27.7 Å². The second kappa shape index (κ2) is 20.3. The molecule has 0 amide bonds. The minimum atomic E-state index is -6.47. The average Bonchev–Trinajstić information content (AvgIpc) is 4.06. The van der Waals surface area contributed by atoms with Crippen LogP contribution in [0.25, 0.3) is 0 Å². The molecule has 11 atom stereocenters. The van der Waals surface area contributed by atoms with E-state index in [9.17, 15) is 64.6 Å². The molecule has 0 aromatic heterocycles. The Labute approximate surface area is 440 Å². The number of hydrogen-bond donors (Lipinski definition) is 2. The number of esters is 4. The maximum Gasteiger partial charge on any atom is 0.426 e. The van der Waals surface area contributed by atoms with Crippen LogP contribution in [0.4, 0.5) is 39.5 Å². The van der Waals surface area contributed by atoms with Crippen LogP contribution in [0.1, 0.15) is 191 Å². The largest absolute Gasteiger partial charge is 0.462 e. The van der Waals surface area contributed by atoms with Crippen molar-refractivity contribution in [2.45, 2.75) is 244 Å². The number of fused-ring (bicyclic) bond motifs is 2. The molecule has 0 saturated heterocycles. The van der Waals surface area contributed by atoms with Crippen molar-refractivity contribution in [1.82, 2.24) is 0 Å². The van der Waals surface area contributed by atoms with Gasteiger partial charge in [-0.25, -0.2) is 0 Å². The summed E-state index contributed by atoms with van der Waals surface area (Å²) in [6.45, 7) is 13.2. The van der Waals surface area contributed by atoms with Gasteiger partial charge in [0, 0.05) is 17.8 Å². The van der Waals surface area contributed by atoms with Gasteiger partial charge in [-0.05, 0) is 212 Å². The lowest BCUT2D eigenvalue weighted by atomic mass is 9.50. The van der Waals surface area contributed by atoms with E-state index >= 15 is 9.59 Å². The van der Waals surface area contributed by atoms with Crippen LogP contribution in [-0.2, 0) is 38.1 Å². The van der Waals surface area contributed by atoms with Crippen molar-refractivity contribution in [2.75, 3.05) is 0 Å². The first-order valence-corrected chi connectivity index (χ1v) is 27.7. The lowest BCUT2D eigenvalue weighted by molar-refractivity contribution is -0.391. The van der Waals surface area contributed by atoms with Crippen molar-refractivity contribution >= 4 is 23.9 Å². The SMILES string of the molecule is CCC1(OC(=O)C(C)(CC(C)(CC(C)(C)C(=O)OC2CC(C(C)(O)C(F)(F)F)CC(C(O)(C(F)(F)F)C(F)(F)F)C2)C(=O)OC2CC3CC2CC3C#N)CC(C)(CC)C(=O)OC2(C)C3CC4CC(C3)CC2C4)CCCC1. The third-order valence-electron chi connectivity index (χ3n) is 20.7. The number of rotatable bonds is 18. The summed E-state index contributed by atoms with van der Waals surface area (Å²) in [5.74, 6) is -8.04. The fourth-order valence-electron chi connectivity index (χ4n) is 16.1. The van der Waals surface area contributed by atoms with E-state index in [1.165, 1.54) is 27.2 Å². The molecule has 432 valence electrons. The van der Waals surface area contributed by atoms with Gasteiger partial charge in [-0.15, -0.1) is 0 Å². The maximum atomic E-state index is 15.3. The van der Waals surface area contributed by atoms with Crippen LogP contribution < -0.4 is 0 Å². The zero-order valence-electron chi connectivity index (χ0n) is 45.5. The first-order chi connectivity index (χ1) is 34.7. The van der Waals surface area contributed by atoms with Gasteiger partial charge in [0.2, 0.25) is 0 Å². The van der Waals surface area contributed by atoms with Gasteiger partial charge in [-0.3, -0.25) is 19.2 Å². The van der Waals surface area contributed by atoms with Crippen molar-refractivity contribution in [1.29, 1.82) is 5.26 Å². The Morgan fingerprint density at radius 3 is 1.57 bits per heavy atom. The molecule has 8 rings (SSSR count). The van der Waals surface area contributed by atoms with Crippen LogP contribution >= 0.6 is 0 Å². The van der Waals surface area contributed by atoms with E-state index in [4.69, 9.17) is 18.9 Å². The second-order valence-electron chi connectivity index (χ2n) is 26.9. The Kier molecular flexibility index (Phi) is 16.1. The molecule has 11 unspecified atom stereocenters.